The fraction of sp³-hybridized carbons (Fsp3) is 0.556. The highest BCUT2D eigenvalue weighted by atomic mass is 127. The molecular formula is C9H15IN4S. The van der Waals surface area contributed by atoms with Gasteiger partial charge in [0.2, 0.25) is 0 Å². The highest BCUT2D eigenvalue weighted by molar-refractivity contribution is 14.0. The molecule has 0 amide bonds. The zero-order valence-electron chi connectivity index (χ0n) is 8.56. The van der Waals surface area contributed by atoms with Crippen molar-refractivity contribution in [2.24, 2.45) is 10.7 Å². The number of guanidine groups is 1. The third-order valence-electron chi connectivity index (χ3n) is 1.98. The van der Waals surface area contributed by atoms with Crippen LogP contribution in [0.4, 0.5) is 0 Å². The second-order valence-corrected chi connectivity index (χ2v) is 4.45. The average Bonchev–Trinajstić information content (AvgIpc) is 2.85. The maximum absolute atomic E-state index is 5.69. The summed E-state index contributed by atoms with van der Waals surface area (Å²) in [6.07, 6.45) is 2.43. The number of aryl methyl sites for hydroxylation is 1. The van der Waals surface area contributed by atoms with Crippen molar-refractivity contribution in [2.45, 2.75) is 32.4 Å². The lowest BCUT2D eigenvalue weighted by Crippen LogP contribution is -2.33. The van der Waals surface area contributed by atoms with Gasteiger partial charge in [0.1, 0.15) is 5.01 Å². The second-order valence-electron chi connectivity index (χ2n) is 3.50. The highest BCUT2D eigenvalue weighted by Gasteiger charge is 2.21. The van der Waals surface area contributed by atoms with E-state index in [9.17, 15) is 0 Å². The van der Waals surface area contributed by atoms with E-state index in [0.717, 1.165) is 10.7 Å². The van der Waals surface area contributed by atoms with Crippen LogP contribution in [0.3, 0.4) is 0 Å². The molecule has 2 rings (SSSR count). The first-order valence-corrected chi connectivity index (χ1v) is 5.59. The van der Waals surface area contributed by atoms with Crippen LogP contribution in [-0.4, -0.2) is 17.0 Å². The van der Waals surface area contributed by atoms with E-state index in [1.165, 1.54) is 12.8 Å². The second kappa shape index (κ2) is 5.64. The van der Waals surface area contributed by atoms with E-state index in [2.05, 4.69) is 15.3 Å². The molecule has 1 fully saturated rings. The molecule has 0 aromatic carbocycles. The van der Waals surface area contributed by atoms with Crippen LogP contribution < -0.4 is 11.1 Å². The van der Waals surface area contributed by atoms with Crippen LogP contribution in [0.1, 0.15) is 23.5 Å². The van der Waals surface area contributed by atoms with Crippen molar-refractivity contribution in [3.05, 3.63) is 16.1 Å². The lowest BCUT2D eigenvalue weighted by Gasteiger charge is -2.01. The smallest absolute Gasteiger partial charge is 0.189 e. The molecule has 1 heterocycles. The fourth-order valence-corrected chi connectivity index (χ4v) is 1.81. The predicted molar refractivity (Wildman–Crippen MR) is 73.8 cm³/mol. The molecule has 0 spiro atoms. The van der Waals surface area contributed by atoms with Crippen LogP contribution in [0.15, 0.2) is 10.4 Å². The summed E-state index contributed by atoms with van der Waals surface area (Å²) in [5.74, 6) is 0.542. The Hall–Kier alpha value is -0.370. The number of aliphatic imine (C=N–C) groups is 1. The molecule has 84 valence electrons. The molecule has 1 aromatic rings. The van der Waals surface area contributed by atoms with Crippen molar-refractivity contribution in [3.63, 3.8) is 0 Å². The Bertz CT molecular complexity index is 346. The molecule has 6 heteroatoms. The summed E-state index contributed by atoms with van der Waals surface area (Å²) in [6.45, 7) is 2.57. The summed E-state index contributed by atoms with van der Waals surface area (Å²) in [5, 5.41) is 6.18. The SMILES string of the molecule is Cc1csc(CN=C(N)NC2CC2)n1.I. The lowest BCUT2D eigenvalue weighted by atomic mass is 10.6. The number of halogens is 1. The molecule has 4 nitrogen and oxygen atoms in total. The van der Waals surface area contributed by atoms with Crippen molar-refractivity contribution < 1.29 is 0 Å². The standard InChI is InChI=1S/C9H14N4S.HI/c1-6-5-14-8(12-6)4-11-9(10)13-7-2-3-7;/h5,7H,2-4H2,1H3,(H3,10,11,13);1H. The molecule has 1 aliphatic carbocycles. The molecule has 1 saturated carbocycles. The summed E-state index contributed by atoms with van der Waals surface area (Å²) >= 11 is 1.62. The third kappa shape index (κ3) is 4.33. The molecular weight excluding hydrogens is 323 g/mol. The Morgan fingerprint density at radius 2 is 2.47 bits per heavy atom. The number of nitrogens with two attached hydrogens (primary N) is 1. The van der Waals surface area contributed by atoms with Crippen LogP contribution in [0.25, 0.3) is 0 Å². The van der Waals surface area contributed by atoms with Crippen LogP contribution in [0.5, 0.6) is 0 Å². The van der Waals surface area contributed by atoms with Crippen LogP contribution in [-0.2, 0) is 6.54 Å². The number of nitrogens with zero attached hydrogens (tertiary/aromatic N) is 2. The lowest BCUT2D eigenvalue weighted by molar-refractivity contribution is 0.876. The van der Waals surface area contributed by atoms with E-state index < -0.39 is 0 Å². The zero-order valence-corrected chi connectivity index (χ0v) is 11.7. The van der Waals surface area contributed by atoms with Crippen LogP contribution in [0, 0.1) is 6.92 Å². The number of rotatable bonds is 3. The first-order chi connectivity index (χ1) is 6.74. The van der Waals surface area contributed by atoms with Gasteiger partial charge in [-0.05, 0) is 19.8 Å². The number of thiazole rings is 1. The third-order valence-corrected chi connectivity index (χ3v) is 2.93. The first-order valence-electron chi connectivity index (χ1n) is 4.71. The Labute approximate surface area is 110 Å². The summed E-state index contributed by atoms with van der Waals surface area (Å²) in [4.78, 5) is 8.52. The van der Waals surface area contributed by atoms with Crippen molar-refractivity contribution in [2.75, 3.05) is 0 Å². The molecule has 3 N–H and O–H groups in total. The Morgan fingerprint density at radius 1 is 1.73 bits per heavy atom. The summed E-state index contributed by atoms with van der Waals surface area (Å²) < 4.78 is 0. The van der Waals surface area contributed by atoms with E-state index in [1.807, 2.05) is 12.3 Å². The number of hydrogen-bond acceptors (Lipinski definition) is 3. The number of aromatic nitrogens is 1. The van der Waals surface area contributed by atoms with Gasteiger partial charge >= 0.3 is 0 Å². The first kappa shape index (κ1) is 12.7. The van der Waals surface area contributed by atoms with E-state index in [0.29, 0.717) is 18.5 Å². The van der Waals surface area contributed by atoms with Crippen LogP contribution >= 0.6 is 35.3 Å². The Balaban J connectivity index is 0.00000112. The monoisotopic (exact) mass is 338 g/mol. The number of nitrogens with one attached hydrogen (secondary N) is 1. The van der Waals surface area contributed by atoms with Gasteiger partial charge in [-0.3, -0.25) is 0 Å². The molecule has 0 aliphatic heterocycles. The Morgan fingerprint density at radius 3 is 3.00 bits per heavy atom. The summed E-state index contributed by atoms with van der Waals surface area (Å²) in [7, 11) is 0. The van der Waals surface area contributed by atoms with Gasteiger partial charge in [0.15, 0.2) is 5.96 Å². The van der Waals surface area contributed by atoms with Gasteiger partial charge in [-0.1, -0.05) is 0 Å². The molecule has 0 bridgehead atoms. The predicted octanol–water partition coefficient (Wildman–Crippen LogP) is 1.64. The normalized spacial score (nSPS) is 15.9. The molecule has 0 unspecified atom stereocenters. The molecule has 15 heavy (non-hydrogen) atoms. The van der Waals surface area contributed by atoms with Gasteiger partial charge in [0.05, 0.1) is 6.54 Å². The van der Waals surface area contributed by atoms with E-state index in [1.54, 1.807) is 11.3 Å². The van der Waals surface area contributed by atoms with Crippen LogP contribution in [0.2, 0.25) is 0 Å². The highest BCUT2D eigenvalue weighted by Crippen LogP contribution is 2.18. The molecule has 0 saturated heterocycles. The minimum atomic E-state index is 0. The molecule has 1 aromatic heterocycles. The van der Waals surface area contributed by atoms with Gasteiger partial charge in [-0.15, -0.1) is 35.3 Å². The van der Waals surface area contributed by atoms with E-state index >= 15 is 0 Å². The van der Waals surface area contributed by atoms with Gasteiger partial charge in [0, 0.05) is 17.1 Å². The van der Waals surface area contributed by atoms with Gasteiger partial charge in [0.25, 0.3) is 0 Å². The maximum atomic E-state index is 5.69. The minimum absolute atomic E-state index is 0. The molecule has 0 atom stereocenters. The zero-order chi connectivity index (χ0) is 9.97. The van der Waals surface area contributed by atoms with Gasteiger partial charge in [-0.2, -0.15) is 0 Å². The van der Waals surface area contributed by atoms with Crippen molar-refractivity contribution in [1.29, 1.82) is 0 Å². The quantitative estimate of drug-likeness (QED) is 0.500. The largest absolute Gasteiger partial charge is 0.370 e. The molecule has 0 radical (unpaired) electrons. The number of hydrogen-bond donors (Lipinski definition) is 2. The van der Waals surface area contributed by atoms with Gasteiger partial charge in [-0.25, -0.2) is 9.98 Å². The minimum Gasteiger partial charge on any atom is -0.370 e. The molecule has 1 aliphatic rings. The van der Waals surface area contributed by atoms with E-state index in [-0.39, 0.29) is 24.0 Å². The topological polar surface area (TPSA) is 63.3 Å². The van der Waals surface area contributed by atoms with Crippen molar-refractivity contribution in [1.82, 2.24) is 10.3 Å². The fourth-order valence-electron chi connectivity index (χ4n) is 1.11. The average molecular weight is 338 g/mol. The van der Waals surface area contributed by atoms with Crippen molar-refractivity contribution in [3.8, 4) is 0 Å². The van der Waals surface area contributed by atoms with Gasteiger partial charge < -0.3 is 11.1 Å². The maximum Gasteiger partial charge on any atom is 0.189 e. The summed E-state index contributed by atoms with van der Waals surface area (Å²) in [5.41, 5.74) is 6.73. The van der Waals surface area contributed by atoms with Crippen molar-refractivity contribution >= 4 is 41.3 Å². The summed E-state index contributed by atoms with van der Waals surface area (Å²) in [6, 6.07) is 0.566. The van der Waals surface area contributed by atoms with E-state index in [4.69, 9.17) is 5.73 Å². The Kier molecular flexibility index (Phi) is 4.78.